The minimum Gasteiger partial charge on any atom is -0.351 e. The summed E-state index contributed by atoms with van der Waals surface area (Å²) in [5.74, 6) is -0.523. The van der Waals surface area contributed by atoms with E-state index in [0.717, 1.165) is 0 Å². The zero-order valence-corrected chi connectivity index (χ0v) is 12.6. The summed E-state index contributed by atoms with van der Waals surface area (Å²) in [4.78, 5) is 12.5. The molecule has 1 saturated heterocycles. The molecule has 0 unspecified atom stereocenters. The topological polar surface area (TPSA) is 63.2 Å². The number of hydrogen-bond acceptors (Lipinski definition) is 3. The summed E-state index contributed by atoms with van der Waals surface area (Å²) in [7, 11) is -3.11. The minimum absolute atomic E-state index is 0.103. The molecule has 1 amide bonds. The van der Waals surface area contributed by atoms with Crippen LogP contribution in [0.2, 0.25) is 0 Å². The average Bonchev–Trinajstić information content (AvgIpc) is 3.20. The van der Waals surface area contributed by atoms with Gasteiger partial charge < -0.3 is 5.32 Å². The van der Waals surface area contributed by atoms with E-state index < -0.39 is 20.5 Å². The van der Waals surface area contributed by atoms with E-state index in [1.54, 1.807) is 25.1 Å². The van der Waals surface area contributed by atoms with Gasteiger partial charge in [-0.1, -0.05) is 18.2 Å². The van der Waals surface area contributed by atoms with E-state index in [9.17, 15) is 17.6 Å². The Balaban J connectivity index is 1.79. The van der Waals surface area contributed by atoms with E-state index in [-0.39, 0.29) is 23.5 Å². The van der Waals surface area contributed by atoms with Crippen molar-refractivity contribution in [2.75, 3.05) is 5.75 Å². The molecule has 0 radical (unpaired) electrons. The zero-order valence-electron chi connectivity index (χ0n) is 11.8. The number of rotatable bonds is 3. The Labute approximate surface area is 123 Å². The molecule has 0 bridgehead atoms. The molecule has 0 spiro atoms. The third kappa shape index (κ3) is 2.35. The van der Waals surface area contributed by atoms with Gasteiger partial charge in [0.25, 0.3) is 0 Å². The molecule has 1 aromatic rings. The van der Waals surface area contributed by atoms with Gasteiger partial charge in [-0.15, -0.1) is 0 Å². The maximum absolute atomic E-state index is 13.9. The van der Waals surface area contributed by atoms with E-state index in [0.29, 0.717) is 24.8 Å². The first-order chi connectivity index (χ1) is 9.87. The normalized spacial score (nSPS) is 29.0. The number of carbonyl (C=O) groups excluding carboxylic acids is 1. The van der Waals surface area contributed by atoms with Gasteiger partial charge in [-0.3, -0.25) is 4.79 Å². The molecule has 1 aliphatic carbocycles. The van der Waals surface area contributed by atoms with Crippen molar-refractivity contribution in [3.05, 3.63) is 35.6 Å². The molecule has 6 heteroatoms. The van der Waals surface area contributed by atoms with Crippen molar-refractivity contribution < 1.29 is 17.6 Å². The summed E-state index contributed by atoms with van der Waals surface area (Å²) in [6.07, 6.45) is 1.64. The molecule has 2 aliphatic rings. The van der Waals surface area contributed by atoms with Crippen molar-refractivity contribution in [1.82, 2.24) is 5.32 Å². The van der Waals surface area contributed by atoms with Crippen LogP contribution in [0.4, 0.5) is 4.39 Å². The van der Waals surface area contributed by atoms with Crippen molar-refractivity contribution in [3.8, 4) is 0 Å². The number of sulfone groups is 1. The Morgan fingerprint density at radius 1 is 1.33 bits per heavy atom. The van der Waals surface area contributed by atoms with Gasteiger partial charge in [-0.2, -0.15) is 0 Å². The van der Waals surface area contributed by atoms with Crippen LogP contribution in [0.3, 0.4) is 0 Å². The lowest BCUT2D eigenvalue weighted by Gasteiger charge is -2.21. The summed E-state index contributed by atoms with van der Waals surface area (Å²) in [6.45, 7) is 1.62. The number of halogens is 1. The Morgan fingerprint density at radius 3 is 2.52 bits per heavy atom. The van der Waals surface area contributed by atoms with Crippen LogP contribution in [0.5, 0.6) is 0 Å². The third-order valence-electron chi connectivity index (χ3n) is 4.74. The molecule has 2 fully saturated rings. The van der Waals surface area contributed by atoms with Crippen LogP contribution >= 0.6 is 0 Å². The first-order valence-corrected chi connectivity index (χ1v) is 8.86. The van der Waals surface area contributed by atoms with E-state index in [4.69, 9.17) is 0 Å². The standard InChI is InChI=1S/C15H18FNO3S/c1-10-13(6-9-21(10,19)20)17-14(18)15(7-8-15)11-4-2-3-5-12(11)16/h2-5,10,13H,6-9H2,1H3,(H,17,18)/t10-,13-/m0/s1. The van der Waals surface area contributed by atoms with Crippen molar-refractivity contribution in [2.24, 2.45) is 0 Å². The summed E-state index contributed by atoms with van der Waals surface area (Å²) in [5, 5.41) is 2.26. The van der Waals surface area contributed by atoms with Crippen molar-refractivity contribution >= 4 is 15.7 Å². The molecule has 0 aromatic heterocycles. The van der Waals surface area contributed by atoms with Crippen LogP contribution in [0.1, 0.15) is 31.7 Å². The van der Waals surface area contributed by atoms with Gasteiger partial charge in [-0.05, 0) is 32.3 Å². The maximum atomic E-state index is 13.9. The van der Waals surface area contributed by atoms with Crippen molar-refractivity contribution in [3.63, 3.8) is 0 Å². The fraction of sp³-hybridized carbons (Fsp3) is 0.533. The number of hydrogen-bond donors (Lipinski definition) is 1. The molecule has 3 rings (SSSR count). The van der Waals surface area contributed by atoms with Crippen LogP contribution in [0.25, 0.3) is 0 Å². The summed E-state index contributed by atoms with van der Waals surface area (Å²) < 4.78 is 37.4. The Kier molecular flexibility index (Phi) is 3.31. The second kappa shape index (κ2) is 4.80. The summed E-state index contributed by atoms with van der Waals surface area (Å²) in [6, 6.07) is 5.93. The quantitative estimate of drug-likeness (QED) is 0.921. The Morgan fingerprint density at radius 2 is 2.00 bits per heavy atom. The van der Waals surface area contributed by atoms with Crippen LogP contribution < -0.4 is 5.32 Å². The van der Waals surface area contributed by atoms with Gasteiger partial charge in [0.05, 0.1) is 16.4 Å². The molecular weight excluding hydrogens is 293 g/mol. The van der Waals surface area contributed by atoms with Gasteiger partial charge in [0, 0.05) is 11.6 Å². The second-order valence-corrected chi connectivity index (χ2v) is 8.48. The van der Waals surface area contributed by atoms with Crippen molar-refractivity contribution in [1.29, 1.82) is 0 Å². The highest BCUT2D eigenvalue weighted by Crippen LogP contribution is 2.49. The van der Waals surface area contributed by atoms with Gasteiger partial charge in [-0.25, -0.2) is 12.8 Å². The molecule has 114 valence electrons. The largest absolute Gasteiger partial charge is 0.351 e. The fourth-order valence-electron chi connectivity index (χ4n) is 3.05. The number of carbonyl (C=O) groups is 1. The second-order valence-electron chi connectivity index (χ2n) is 6.00. The highest BCUT2D eigenvalue weighted by Gasteiger charge is 2.53. The molecule has 1 heterocycles. The molecule has 1 saturated carbocycles. The van der Waals surface area contributed by atoms with Gasteiger partial charge in [0.1, 0.15) is 5.82 Å². The zero-order chi connectivity index (χ0) is 15.3. The molecule has 2 atom stereocenters. The van der Waals surface area contributed by atoms with Crippen LogP contribution in [-0.2, 0) is 20.0 Å². The average molecular weight is 311 g/mol. The monoisotopic (exact) mass is 311 g/mol. The van der Waals surface area contributed by atoms with Crippen LogP contribution in [0.15, 0.2) is 24.3 Å². The molecular formula is C15H18FNO3S. The van der Waals surface area contributed by atoms with E-state index >= 15 is 0 Å². The maximum Gasteiger partial charge on any atom is 0.231 e. The first kappa shape index (κ1) is 14.5. The first-order valence-electron chi connectivity index (χ1n) is 7.14. The van der Waals surface area contributed by atoms with E-state index in [1.807, 2.05) is 0 Å². The van der Waals surface area contributed by atoms with Crippen LogP contribution in [-0.4, -0.2) is 31.4 Å². The molecule has 1 aliphatic heterocycles. The lowest BCUT2D eigenvalue weighted by molar-refractivity contribution is -0.124. The highest BCUT2D eigenvalue weighted by molar-refractivity contribution is 7.92. The lowest BCUT2D eigenvalue weighted by Crippen LogP contribution is -2.45. The molecule has 4 nitrogen and oxygen atoms in total. The Bertz CT molecular complexity index is 682. The molecule has 21 heavy (non-hydrogen) atoms. The smallest absolute Gasteiger partial charge is 0.231 e. The predicted molar refractivity (Wildman–Crippen MR) is 77.1 cm³/mol. The number of benzene rings is 1. The van der Waals surface area contributed by atoms with E-state index in [1.165, 1.54) is 6.07 Å². The summed E-state index contributed by atoms with van der Waals surface area (Å²) in [5.41, 5.74) is -0.395. The van der Waals surface area contributed by atoms with Gasteiger partial charge >= 0.3 is 0 Å². The minimum atomic E-state index is -3.11. The number of nitrogens with one attached hydrogen (secondary N) is 1. The molecule has 1 aromatic carbocycles. The SMILES string of the molecule is C[C@H]1[C@@H](NC(=O)C2(c3ccccc3F)CC2)CCS1(=O)=O. The lowest BCUT2D eigenvalue weighted by atomic mass is 9.93. The summed E-state index contributed by atoms with van der Waals surface area (Å²) >= 11 is 0. The predicted octanol–water partition coefficient (Wildman–Crippen LogP) is 1.55. The molecule has 1 N–H and O–H groups in total. The van der Waals surface area contributed by atoms with Gasteiger partial charge in [0.2, 0.25) is 5.91 Å². The third-order valence-corrected chi connectivity index (χ3v) is 7.00. The number of amides is 1. The van der Waals surface area contributed by atoms with Gasteiger partial charge in [0.15, 0.2) is 9.84 Å². The Hall–Kier alpha value is -1.43. The van der Waals surface area contributed by atoms with Crippen LogP contribution in [0, 0.1) is 5.82 Å². The highest BCUT2D eigenvalue weighted by atomic mass is 32.2. The van der Waals surface area contributed by atoms with Crippen molar-refractivity contribution in [2.45, 2.75) is 42.9 Å². The fourth-order valence-corrected chi connectivity index (χ4v) is 4.71. The van der Waals surface area contributed by atoms with E-state index in [2.05, 4.69) is 5.32 Å².